The van der Waals surface area contributed by atoms with Crippen LogP contribution in [0.5, 0.6) is 5.75 Å². The maximum atomic E-state index is 13.9. The first-order chi connectivity index (χ1) is 12.2. The maximum Gasteiger partial charge on any atom is 0.573 e. The molecule has 0 aromatic heterocycles. The van der Waals surface area contributed by atoms with E-state index >= 15 is 0 Å². The number of hydrogen-bond donors (Lipinski definition) is 1. The lowest BCUT2D eigenvalue weighted by Crippen LogP contribution is -2.20. The fourth-order valence-electron chi connectivity index (χ4n) is 2.43. The van der Waals surface area contributed by atoms with E-state index in [9.17, 15) is 26.0 Å². The van der Waals surface area contributed by atoms with Gasteiger partial charge >= 0.3 is 6.36 Å². The van der Waals surface area contributed by atoms with Gasteiger partial charge < -0.3 is 4.74 Å². The van der Waals surface area contributed by atoms with Crippen LogP contribution >= 0.6 is 0 Å². The molecule has 136 valence electrons. The van der Waals surface area contributed by atoms with E-state index < -0.39 is 33.6 Å². The van der Waals surface area contributed by atoms with Crippen molar-refractivity contribution >= 4 is 26.5 Å². The topological polar surface area (TPSA) is 55.4 Å². The molecule has 0 radical (unpaired) electrons. The van der Waals surface area contributed by atoms with Crippen molar-refractivity contribution in [2.24, 2.45) is 0 Å². The van der Waals surface area contributed by atoms with Gasteiger partial charge in [0, 0.05) is 10.8 Å². The van der Waals surface area contributed by atoms with Gasteiger partial charge in [-0.05, 0) is 24.3 Å². The molecule has 0 aliphatic heterocycles. The van der Waals surface area contributed by atoms with E-state index in [0.29, 0.717) is 0 Å². The second-order valence-electron chi connectivity index (χ2n) is 5.24. The summed E-state index contributed by atoms with van der Waals surface area (Å²) in [5.41, 5.74) is -0.391. The third-order valence-corrected chi connectivity index (χ3v) is 4.90. The number of alkyl halides is 3. The Morgan fingerprint density at radius 1 is 0.846 bits per heavy atom. The molecule has 3 rings (SSSR count). The molecule has 0 aliphatic carbocycles. The average molecular weight is 385 g/mol. The number of nitrogens with one attached hydrogen (secondary N) is 1. The summed E-state index contributed by atoms with van der Waals surface area (Å²) < 4.78 is 82.6. The van der Waals surface area contributed by atoms with Crippen LogP contribution in [0.15, 0.2) is 65.6 Å². The summed E-state index contributed by atoms with van der Waals surface area (Å²) in [6, 6.07) is 12.6. The lowest BCUT2D eigenvalue weighted by molar-refractivity contribution is -0.274. The van der Waals surface area contributed by atoms with Crippen LogP contribution in [0.1, 0.15) is 0 Å². The van der Waals surface area contributed by atoms with Crippen molar-refractivity contribution in [3.8, 4) is 5.75 Å². The Balaban J connectivity index is 2.06. The van der Waals surface area contributed by atoms with Crippen LogP contribution in [0.3, 0.4) is 0 Å². The van der Waals surface area contributed by atoms with Crippen LogP contribution in [-0.2, 0) is 10.0 Å². The van der Waals surface area contributed by atoms with E-state index in [1.165, 1.54) is 30.3 Å². The molecule has 0 spiro atoms. The van der Waals surface area contributed by atoms with Crippen LogP contribution in [-0.4, -0.2) is 14.8 Å². The van der Waals surface area contributed by atoms with Gasteiger partial charge in [0.05, 0.1) is 10.6 Å². The third-order valence-electron chi connectivity index (χ3n) is 3.48. The van der Waals surface area contributed by atoms with Gasteiger partial charge in [-0.1, -0.05) is 36.4 Å². The lowest BCUT2D eigenvalue weighted by atomic mass is 10.1. The second kappa shape index (κ2) is 6.49. The largest absolute Gasteiger partial charge is 0.573 e. The highest BCUT2D eigenvalue weighted by molar-refractivity contribution is 7.93. The van der Waals surface area contributed by atoms with Crippen molar-refractivity contribution < 1.29 is 30.7 Å². The lowest BCUT2D eigenvalue weighted by Gasteiger charge is -2.15. The highest BCUT2D eigenvalue weighted by atomic mass is 32.2. The summed E-state index contributed by atoms with van der Waals surface area (Å²) in [6.07, 6.45) is -4.98. The molecule has 0 aliphatic rings. The Bertz CT molecular complexity index is 1070. The number of rotatable bonds is 4. The zero-order valence-electron chi connectivity index (χ0n) is 12.9. The van der Waals surface area contributed by atoms with Gasteiger partial charge in [0.2, 0.25) is 0 Å². The van der Waals surface area contributed by atoms with Crippen molar-refractivity contribution in [1.82, 2.24) is 0 Å². The summed E-state index contributed by atoms with van der Waals surface area (Å²) in [5.74, 6) is -1.31. The molecule has 1 N–H and O–H groups in total. The monoisotopic (exact) mass is 385 g/mol. The van der Waals surface area contributed by atoms with E-state index in [1.54, 1.807) is 6.07 Å². The number of ether oxygens (including phenoxy) is 1. The Hall–Kier alpha value is -2.81. The number of fused-ring (bicyclic) bond motifs is 1. The molecule has 0 saturated heterocycles. The third kappa shape index (κ3) is 3.72. The summed E-state index contributed by atoms with van der Waals surface area (Å²) in [4.78, 5) is -0.267. The summed E-state index contributed by atoms with van der Waals surface area (Å²) in [7, 11) is -4.30. The number of anilines is 1. The van der Waals surface area contributed by atoms with Gasteiger partial charge in [-0.2, -0.15) is 0 Å². The van der Waals surface area contributed by atoms with Crippen LogP contribution in [0.25, 0.3) is 10.8 Å². The number of sulfonamides is 1. The fourth-order valence-corrected chi connectivity index (χ4v) is 3.72. The predicted octanol–water partition coefficient (Wildman–Crippen LogP) is 4.68. The van der Waals surface area contributed by atoms with Gasteiger partial charge in [-0.25, -0.2) is 12.8 Å². The fraction of sp³-hybridized carbons (Fsp3) is 0.0588. The van der Waals surface area contributed by atoms with Crippen molar-refractivity contribution in [3.05, 3.63) is 66.5 Å². The molecule has 26 heavy (non-hydrogen) atoms. The van der Waals surface area contributed by atoms with E-state index in [1.807, 2.05) is 0 Å². The minimum atomic E-state index is -4.98. The Morgan fingerprint density at radius 2 is 1.46 bits per heavy atom. The summed E-state index contributed by atoms with van der Waals surface area (Å²) >= 11 is 0. The van der Waals surface area contributed by atoms with Gasteiger partial charge in [-0.3, -0.25) is 4.72 Å². The summed E-state index contributed by atoms with van der Waals surface area (Å²) in [6.45, 7) is 0. The van der Waals surface area contributed by atoms with Crippen LogP contribution in [0.4, 0.5) is 23.2 Å². The summed E-state index contributed by atoms with van der Waals surface area (Å²) in [5, 5.41) is 0.185. The zero-order chi connectivity index (χ0) is 18.9. The minimum absolute atomic E-state index is 0.0789. The number of hydrogen-bond acceptors (Lipinski definition) is 3. The van der Waals surface area contributed by atoms with E-state index in [4.69, 9.17) is 0 Å². The molecule has 0 fully saturated rings. The molecule has 4 nitrogen and oxygen atoms in total. The van der Waals surface area contributed by atoms with Crippen molar-refractivity contribution in [1.29, 1.82) is 0 Å². The van der Waals surface area contributed by atoms with E-state index in [-0.39, 0.29) is 15.7 Å². The number of halogens is 4. The van der Waals surface area contributed by atoms with Gasteiger partial charge in [0.25, 0.3) is 10.0 Å². The van der Waals surface area contributed by atoms with Gasteiger partial charge in [-0.15, -0.1) is 13.2 Å². The van der Waals surface area contributed by atoms with Gasteiger partial charge in [0.1, 0.15) is 5.82 Å². The molecule has 0 unspecified atom stereocenters. The van der Waals surface area contributed by atoms with Crippen molar-refractivity contribution in [3.63, 3.8) is 0 Å². The van der Waals surface area contributed by atoms with Crippen molar-refractivity contribution in [2.45, 2.75) is 11.3 Å². The Kier molecular flexibility index (Phi) is 4.49. The molecular weight excluding hydrogens is 374 g/mol. The molecule has 0 bridgehead atoms. The quantitative estimate of drug-likeness (QED) is 0.664. The Labute approximate surface area is 146 Å². The van der Waals surface area contributed by atoms with Crippen LogP contribution < -0.4 is 9.46 Å². The standard InChI is InChI=1S/C17H11F4NO3S/c18-13-9-10-16(12-6-2-1-5-11(12)13)26(23,24)22-14-7-3-4-8-15(14)25-17(19,20)21/h1-10,22H. The van der Waals surface area contributed by atoms with Crippen LogP contribution in [0.2, 0.25) is 0 Å². The van der Waals surface area contributed by atoms with E-state index in [2.05, 4.69) is 9.46 Å². The molecule has 0 heterocycles. The normalized spacial score (nSPS) is 12.2. The van der Waals surface area contributed by atoms with E-state index in [0.717, 1.165) is 24.3 Å². The molecule has 3 aromatic carbocycles. The van der Waals surface area contributed by atoms with Crippen molar-refractivity contribution in [2.75, 3.05) is 4.72 Å². The molecule has 0 saturated carbocycles. The first-order valence-corrected chi connectivity index (χ1v) is 8.70. The highest BCUT2D eigenvalue weighted by Gasteiger charge is 2.32. The molecule has 0 amide bonds. The predicted molar refractivity (Wildman–Crippen MR) is 87.8 cm³/mol. The van der Waals surface area contributed by atoms with Gasteiger partial charge in [0.15, 0.2) is 5.75 Å². The highest BCUT2D eigenvalue weighted by Crippen LogP contribution is 2.33. The Morgan fingerprint density at radius 3 is 2.15 bits per heavy atom. The number of para-hydroxylation sites is 2. The first kappa shape index (κ1) is 18.0. The average Bonchev–Trinajstić information content (AvgIpc) is 2.55. The zero-order valence-corrected chi connectivity index (χ0v) is 13.7. The molecule has 0 atom stereocenters. The smallest absolute Gasteiger partial charge is 0.404 e. The molecular formula is C17H11F4NO3S. The minimum Gasteiger partial charge on any atom is -0.404 e. The van der Waals surface area contributed by atoms with Crippen LogP contribution in [0, 0.1) is 5.82 Å². The first-order valence-electron chi connectivity index (χ1n) is 7.22. The maximum absolute atomic E-state index is 13.9. The SMILES string of the molecule is O=S(=O)(Nc1ccccc1OC(F)(F)F)c1ccc(F)c2ccccc12. The number of benzene rings is 3. The second-order valence-corrected chi connectivity index (χ2v) is 6.89. The molecule has 3 aromatic rings. The molecule has 9 heteroatoms.